The molecule has 2 aromatic heterocycles. The number of fused-ring (bicyclic) bond motifs is 1. The maximum absolute atomic E-state index is 12.6. The van der Waals surface area contributed by atoms with Crippen LogP contribution in [0.15, 0.2) is 42.5 Å². The summed E-state index contributed by atoms with van der Waals surface area (Å²) < 4.78 is 8.52. The lowest BCUT2D eigenvalue weighted by Crippen LogP contribution is -2.41. The molecule has 6 rings (SSSR count). The number of nitrogens with one attached hydrogen (secondary N) is 2. The average molecular weight is 571 g/mol. The minimum absolute atomic E-state index is 0.153. The number of hydrogen-bond donors (Lipinski definition) is 2. The molecule has 0 radical (unpaired) electrons. The molecule has 222 valence electrons. The van der Waals surface area contributed by atoms with Crippen molar-refractivity contribution in [2.45, 2.75) is 90.8 Å². The molecular weight excluding hydrogens is 528 g/mol. The van der Waals surface area contributed by atoms with E-state index < -0.39 is 0 Å². The number of ether oxygens (including phenoxy) is 1. The molecule has 2 aliphatic rings. The SMILES string of the molecule is Cn1c(N(Cc2ccc(C(=O)Nc3nn[nH]n3)cc2)C2CCC(C(C)(C)C)CC2)nc2cc(OC3CCCC3)ccc21. The Morgan fingerprint density at radius 2 is 1.79 bits per heavy atom. The first kappa shape index (κ1) is 28.2. The van der Waals surface area contributed by atoms with Crippen LogP contribution in [0.1, 0.15) is 88.1 Å². The van der Waals surface area contributed by atoms with Gasteiger partial charge >= 0.3 is 0 Å². The molecule has 0 bridgehead atoms. The van der Waals surface area contributed by atoms with Gasteiger partial charge in [-0.15, -0.1) is 5.10 Å². The number of rotatable bonds is 8. The van der Waals surface area contributed by atoms with Crippen molar-refractivity contribution in [1.82, 2.24) is 30.2 Å². The van der Waals surface area contributed by atoms with Crippen molar-refractivity contribution >= 4 is 28.8 Å². The number of aryl methyl sites for hydroxylation is 1. The summed E-state index contributed by atoms with van der Waals surface area (Å²) >= 11 is 0. The van der Waals surface area contributed by atoms with Gasteiger partial charge < -0.3 is 14.2 Å². The highest BCUT2D eigenvalue weighted by molar-refractivity contribution is 6.03. The molecular formula is C32H42N8O2. The molecule has 2 aliphatic carbocycles. The Bertz CT molecular complexity index is 1490. The number of amides is 1. The van der Waals surface area contributed by atoms with E-state index in [2.05, 4.69) is 81.4 Å². The van der Waals surface area contributed by atoms with Crippen molar-refractivity contribution in [3.63, 3.8) is 0 Å². The molecule has 4 aromatic rings. The number of tetrazole rings is 1. The summed E-state index contributed by atoms with van der Waals surface area (Å²) in [5.41, 5.74) is 4.05. The zero-order chi connectivity index (χ0) is 29.3. The van der Waals surface area contributed by atoms with Crippen molar-refractivity contribution in [3.8, 4) is 5.75 Å². The highest BCUT2D eigenvalue weighted by Gasteiger charge is 2.33. The quantitative estimate of drug-likeness (QED) is 0.257. The summed E-state index contributed by atoms with van der Waals surface area (Å²) in [5, 5.41) is 16.1. The standard InChI is InChI=1S/C32H42N8O2/c1-32(2,3)23-13-15-24(16-14-23)40(20-21-9-11-22(12-10-21)29(41)34-30-35-37-38-36-30)31-33-27-19-26(17-18-28(27)39(31)4)42-25-7-5-6-8-25/h9-12,17-19,23-25H,5-8,13-16,20H2,1-4H3,(H2,34,35,36,37,38,41). The van der Waals surface area contributed by atoms with E-state index in [9.17, 15) is 4.79 Å². The van der Waals surface area contributed by atoms with Crippen molar-refractivity contribution in [1.29, 1.82) is 0 Å². The number of hydrogen-bond acceptors (Lipinski definition) is 7. The van der Waals surface area contributed by atoms with Crippen LogP contribution in [-0.2, 0) is 13.6 Å². The zero-order valence-electron chi connectivity index (χ0n) is 25.1. The highest BCUT2D eigenvalue weighted by atomic mass is 16.5. The summed E-state index contributed by atoms with van der Waals surface area (Å²) in [6.07, 6.45) is 9.76. The number of H-pyrrole nitrogens is 1. The van der Waals surface area contributed by atoms with Gasteiger partial charge in [-0.05, 0) is 97.7 Å². The first-order valence-corrected chi connectivity index (χ1v) is 15.3. The zero-order valence-corrected chi connectivity index (χ0v) is 25.1. The number of nitrogens with zero attached hydrogens (tertiary/aromatic N) is 6. The predicted octanol–water partition coefficient (Wildman–Crippen LogP) is 6.27. The second kappa shape index (κ2) is 11.7. The Morgan fingerprint density at radius 3 is 2.45 bits per heavy atom. The summed E-state index contributed by atoms with van der Waals surface area (Å²) in [6, 6.07) is 14.5. The van der Waals surface area contributed by atoms with Crippen molar-refractivity contribution in [2.75, 3.05) is 10.2 Å². The van der Waals surface area contributed by atoms with Crippen molar-refractivity contribution in [2.24, 2.45) is 18.4 Å². The molecule has 2 fully saturated rings. The largest absolute Gasteiger partial charge is 0.490 e. The Balaban J connectivity index is 1.26. The van der Waals surface area contributed by atoms with Gasteiger partial charge in [-0.25, -0.2) is 4.98 Å². The van der Waals surface area contributed by atoms with Gasteiger partial charge in [-0.2, -0.15) is 5.21 Å². The minimum atomic E-state index is -0.272. The fourth-order valence-corrected chi connectivity index (χ4v) is 6.66. The summed E-state index contributed by atoms with van der Waals surface area (Å²) in [7, 11) is 2.11. The van der Waals surface area contributed by atoms with Gasteiger partial charge in [0.25, 0.3) is 11.9 Å². The van der Waals surface area contributed by atoms with Gasteiger partial charge in [0.05, 0.1) is 17.1 Å². The van der Waals surface area contributed by atoms with Crippen molar-refractivity contribution < 1.29 is 9.53 Å². The molecule has 2 N–H and O–H groups in total. The van der Waals surface area contributed by atoms with E-state index in [-0.39, 0.29) is 11.9 Å². The van der Waals surface area contributed by atoms with E-state index in [1.165, 1.54) is 25.7 Å². The van der Waals surface area contributed by atoms with E-state index in [1.54, 1.807) is 0 Å². The van der Waals surface area contributed by atoms with Crippen LogP contribution in [-0.4, -0.2) is 48.2 Å². The Kier molecular flexibility index (Phi) is 7.88. The van der Waals surface area contributed by atoms with Crippen LogP contribution in [0, 0.1) is 11.3 Å². The first-order chi connectivity index (χ1) is 20.2. The smallest absolute Gasteiger partial charge is 0.270 e. The molecule has 2 aromatic carbocycles. The van der Waals surface area contributed by atoms with Gasteiger partial charge in [0.15, 0.2) is 0 Å². The van der Waals surface area contributed by atoms with Crippen LogP contribution in [0.5, 0.6) is 5.75 Å². The van der Waals surface area contributed by atoms with Crippen LogP contribution in [0.3, 0.4) is 0 Å². The maximum Gasteiger partial charge on any atom is 0.270 e. The average Bonchev–Trinajstić information content (AvgIpc) is 3.75. The van der Waals surface area contributed by atoms with Gasteiger partial charge in [0, 0.05) is 31.3 Å². The van der Waals surface area contributed by atoms with E-state index in [1.807, 2.05) is 24.3 Å². The van der Waals surface area contributed by atoms with Crippen LogP contribution < -0.4 is 15.0 Å². The Labute approximate surface area is 247 Å². The van der Waals surface area contributed by atoms with Crippen LogP contribution in [0.2, 0.25) is 0 Å². The monoisotopic (exact) mass is 570 g/mol. The first-order valence-electron chi connectivity index (χ1n) is 15.3. The molecule has 2 heterocycles. The third-order valence-corrected chi connectivity index (χ3v) is 9.19. The second-order valence-corrected chi connectivity index (χ2v) is 13.0. The summed E-state index contributed by atoms with van der Waals surface area (Å²) in [6.45, 7) is 7.80. The lowest BCUT2D eigenvalue weighted by Gasteiger charge is -2.41. The number of benzene rings is 2. The number of anilines is 2. The summed E-state index contributed by atoms with van der Waals surface area (Å²) in [5.74, 6) is 2.49. The number of aromatic amines is 1. The molecule has 10 heteroatoms. The van der Waals surface area contributed by atoms with Gasteiger partial charge in [0.2, 0.25) is 5.95 Å². The molecule has 1 amide bonds. The fourth-order valence-electron chi connectivity index (χ4n) is 6.66. The number of carbonyl (C=O) groups excluding carboxylic acids is 1. The molecule has 0 spiro atoms. The maximum atomic E-state index is 12.6. The molecule has 0 saturated heterocycles. The fraction of sp³-hybridized carbons (Fsp3) is 0.531. The van der Waals surface area contributed by atoms with E-state index in [0.29, 0.717) is 29.7 Å². The van der Waals surface area contributed by atoms with Crippen LogP contribution >= 0.6 is 0 Å². The molecule has 42 heavy (non-hydrogen) atoms. The second-order valence-electron chi connectivity index (χ2n) is 13.0. The van der Waals surface area contributed by atoms with Crippen LogP contribution in [0.4, 0.5) is 11.9 Å². The highest BCUT2D eigenvalue weighted by Crippen LogP contribution is 2.40. The van der Waals surface area contributed by atoms with Gasteiger partial charge in [0.1, 0.15) is 5.75 Å². The van der Waals surface area contributed by atoms with Gasteiger partial charge in [-0.1, -0.05) is 38.0 Å². The lowest BCUT2D eigenvalue weighted by atomic mass is 9.71. The number of aromatic nitrogens is 6. The third kappa shape index (κ3) is 6.12. The molecule has 0 atom stereocenters. The van der Waals surface area contributed by atoms with Crippen LogP contribution in [0.25, 0.3) is 11.0 Å². The molecule has 0 aliphatic heterocycles. The van der Waals surface area contributed by atoms with E-state index in [0.717, 1.165) is 59.9 Å². The molecule has 0 unspecified atom stereocenters. The normalized spacial score (nSPS) is 19.7. The van der Waals surface area contributed by atoms with E-state index >= 15 is 0 Å². The lowest BCUT2D eigenvalue weighted by molar-refractivity contribution is 0.102. The third-order valence-electron chi connectivity index (χ3n) is 9.19. The molecule has 10 nitrogen and oxygen atoms in total. The Hall–Kier alpha value is -3.95. The van der Waals surface area contributed by atoms with Gasteiger partial charge in [-0.3, -0.25) is 10.1 Å². The molecule has 2 saturated carbocycles. The summed E-state index contributed by atoms with van der Waals surface area (Å²) in [4.78, 5) is 20.3. The topological polar surface area (TPSA) is 114 Å². The minimum Gasteiger partial charge on any atom is -0.490 e. The van der Waals surface area contributed by atoms with Crippen molar-refractivity contribution in [3.05, 3.63) is 53.6 Å². The van der Waals surface area contributed by atoms with E-state index in [4.69, 9.17) is 9.72 Å². The number of carbonyl (C=O) groups is 1. The predicted molar refractivity (Wildman–Crippen MR) is 164 cm³/mol. The number of imidazole rings is 1. The Morgan fingerprint density at radius 1 is 1.05 bits per heavy atom.